The van der Waals surface area contributed by atoms with E-state index in [0.29, 0.717) is 25.9 Å². The average molecular weight is 470 g/mol. The van der Waals surface area contributed by atoms with E-state index in [1.165, 1.54) is 11.0 Å². The molecule has 0 bridgehead atoms. The molecule has 3 amide bonds. The number of hydrogen-bond acceptors (Lipinski definition) is 5. The van der Waals surface area contributed by atoms with Gasteiger partial charge in [-0.05, 0) is 58.7 Å². The van der Waals surface area contributed by atoms with Crippen LogP contribution < -0.4 is 15.5 Å². The van der Waals surface area contributed by atoms with Gasteiger partial charge in [0.15, 0.2) is 0 Å². The van der Waals surface area contributed by atoms with Crippen LogP contribution in [0.2, 0.25) is 0 Å². The van der Waals surface area contributed by atoms with E-state index >= 15 is 0 Å². The Kier molecular flexibility index (Phi) is 6.92. The smallest absolute Gasteiger partial charge is 0.416 e. The Balaban J connectivity index is 1.64. The Morgan fingerprint density at radius 2 is 1.82 bits per heavy atom. The van der Waals surface area contributed by atoms with Gasteiger partial charge < -0.3 is 15.4 Å². The van der Waals surface area contributed by atoms with Gasteiger partial charge in [0.05, 0.1) is 23.0 Å². The maximum Gasteiger partial charge on any atom is 0.416 e. The molecule has 8 nitrogen and oxygen atoms in total. The van der Waals surface area contributed by atoms with Crippen LogP contribution in [0.4, 0.5) is 29.3 Å². The van der Waals surface area contributed by atoms with Crippen molar-refractivity contribution >= 4 is 29.3 Å². The van der Waals surface area contributed by atoms with Gasteiger partial charge in [-0.25, -0.2) is 4.79 Å². The van der Waals surface area contributed by atoms with E-state index < -0.39 is 35.4 Å². The van der Waals surface area contributed by atoms with Crippen LogP contribution in [0.1, 0.15) is 46.1 Å². The van der Waals surface area contributed by atoms with Gasteiger partial charge >= 0.3 is 12.3 Å². The van der Waals surface area contributed by atoms with Gasteiger partial charge in [0.2, 0.25) is 11.8 Å². The number of alkyl halides is 3. The van der Waals surface area contributed by atoms with Crippen LogP contribution in [-0.2, 0) is 20.5 Å². The van der Waals surface area contributed by atoms with Gasteiger partial charge in [-0.1, -0.05) is 0 Å². The number of amides is 3. The normalized spacial score (nSPS) is 18.9. The molecule has 2 aliphatic heterocycles. The van der Waals surface area contributed by atoms with E-state index in [-0.39, 0.29) is 29.9 Å². The lowest BCUT2D eigenvalue weighted by molar-refractivity contribution is -0.137. The van der Waals surface area contributed by atoms with Gasteiger partial charge in [-0.15, -0.1) is 0 Å². The van der Waals surface area contributed by atoms with Gasteiger partial charge in [-0.3, -0.25) is 19.4 Å². The van der Waals surface area contributed by atoms with Crippen LogP contribution >= 0.6 is 0 Å². The molecule has 1 unspecified atom stereocenters. The van der Waals surface area contributed by atoms with Gasteiger partial charge in [0.1, 0.15) is 12.1 Å². The lowest BCUT2D eigenvalue weighted by Crippen LogP contribution is -2.54. The molecule has 182 valence electrons. The minimum atomic E-state index is -4.56. The van der Waals surface area contributed by atoms with Gasteiger partial charge in [-0.2, -0.15) is 13.2 Å². The van der Waals surface area contributed by atoms with E-state index in [0.717, 1.165) is 12.1 Å². The number of fused-ring (bicyclic) bond motifs is 1. The number of nitrogens with one attached hydrogen (secondary N) is 2. The third-order valence-corrected chi connectivity index (χ3v) is 5.61. The molecular weight excluding hydrogens is 441 g/mol. The molecule has 1 fully saturated rings. The maximum atomic E-state index is 13.2. The number of alkyl carbamates (subject to hydrolysis) is 1. The van der Waals surface area contributed by atoms with Crippen molar-refractivity contribution in [2.75, 3.05) is 29.9 Å². The number of anilines is 2. The Labute approximate surface area is 190 Å². The van der Waals surface area contributed by atoms with Crippen molar-refractivity contribution in [3.05, 3.63) is 23.8 Å². The van der Waals surface area contributed by atoms with Crippen LogP contribution in [0, 0.1) is 0 Å². The highest BCUT2D eigenvalue weighted by Gasteiger charge is 2.37. The molecular formula is C22H29F3N4O4. The van der Waals surface area contributed by atoms with Crippen molar-refractivity contribution < 1.29 is 32.3 Å². The number of likely N-dealkylation sites (tertiary alicyclic amines) is 1. The Bertz CT molecular complexity index is 921. The van der Waals surface area contributed by atoms with Gasteiger partial charge in [0.25, 0.3) is 0 Å². The monoisotopic (exact) mass is 470 g/mol. The van der Waals surface area contributed by atoms with Crippen molar-refractivity contribution in [1.82, 2.24) is 10.2 Å². The molecule has 11 heteroatoms. The van der Waals surface area contributed by atoms with E-state index in [4.69, 9.17) is 4.74 Å². The number of piperidine rings is 1. The first-order valence-corrected chi connectivity index (χ1v) is 10.8. The molecule has 33 heavy (non-hydrogen) atoms. The first kappa shape index (κ1) is 24.8. The summed E-state index contributed by atoms with van der Waals surface area (Å²) >= 11 is 0. The maximum absolute atomic E-state index is 13.2. The van der Waals surface area contributed by atoms with E-state index in [9.17, 15) is 27.6 Å². The molecule has 3 rings (SSSR count). The fraction of sp³-hybridized carbons (Fsp3) is 0.591. The van der Waals surface area contributed by atoms with Crippen molar-refractivity contribution in [2.45, 2.75) is 64.4 Å². The molecule has 1 aromatic carbocycles. The highest BCUT2D eigenvalue weighted by molar-refractivity contribution is 6.11. The largest absolute Gasteiger partial charge is 0.444 e. The van der Waals surface area contributed by atoms with Crippen LogP contribution in [0.15, 0.2) is 18.2 Å². The predicted octanol–water partition coefficient (Wildman–Crippen LogP) is 3.37. The summed E-state index contributed by atoms with van der Waals surface area (Å²) in [6, 6.07) is 2.27. The molecule has 0 radical (unpaired) electrons. The third kappa shape index (κ3) is 6.16. The fourth-order valence-electron chi connectivity index (χ4n) is 3.95. The third-order valence-electron chi connectivity index (χ3n) is 5.61. The zero-order chi connectivity index (χ0) is 24.6. The van der Waals surface area contributed by atoms with Gasteiger partial charge in [0, 0.05) is 19.1 Å². The Hall–Kier alpha value is -2.82. The van der Waals surface area contributed by atoms with E-state index in [1.807, 2.05) is 4.90 Å². The number of ether oxygens (including phenoxy) is 1. The van der Waals surface area contributed by atoms with Crippen molar-refractivity contribution in [3.63, 3.8) is 0 Å². The van der Waals surface area contributed by atoms with E-state index in [1.54, 1.807) is 27.7 Å². The molecule has 0 saturated carbocycles. The molecule has 2 heterocycles. The van der Waals surface area contributed by atoms with Crippen molar-refractivity contribution in [1.29, 1.82) is 0 Å². The highest BCUT2D eigenvalue weighted by Crippen LogP contribution is 2.37. The number of carbonyl (C=O) groups excluding carboxylic acids is 3. The topological polar surface area (TPSA) is 91.0 Å². The highest BCUT2D eigenvalue weighted by atomic mass is 19.4. The summed E-state index contributed by atoms with van der Waals surface area (Å²) in [5, 5.41) is 5.25. The molecule has 0 spiro atoms. The van der Waals surface area contributed by atoms with Crippen molar-refractivity contribution in [3.8, 4) is 0 Å². The fourth-order valence-corrected chi connectivity index (χ4v) is 3.95. The minimum absolute atomic E-state index is 0.0399. The molecule has 2 N–H and O–H groups in total. The average Bonchev–Trinajstić information content (AvgIpc) is 2.70. The first-order chi connectivity index (χ1) is 15.2. The summed E-state index contributed by atoms with van der Waals surface area (Å²) in [5.74, 6) is -0.924. The summed E-state index contributed by atoms with van der Waals surface area (Å²) in [7, 11) is 0. The summed E-state index contributed by atoms with van der Waals surface area (Å²) in [5.41, 5.74) is -1.30. The lowest BCUT2D eigenvalue weighted by atomic mass is 10.0. The zero-order valence-corrected chi connectivity index (χ0v) is 19.1. The summed E-state index contributed by atoms with van der Waals surface area (Å²) < 4.78 is 44.4. The van der Waals surface area contributed by atoms with Crippen LogP contribution in [0.5, 0.6) is 0 Å². The molecule has 2 aliphatic rings. The number of rotatable bonds is 3. The molecule has 0 aliphatic carbocycles. The quantitative estimate of drug-likeness (QED) is 0.707. The van der Waals surface area contributed by atoms with E-state index in [2.05, 4.69) is 10.6 Å². The minimum Gasteiger partial charge on any atom is -0.444 e. The standard InChI is InChI=1S/C22H29F3N4O4/c1-13(28-9-7-15(8-10-28)26-20(32)33-21(2,3)4)19(31)29-12-18(30)27-16-11-14(22(23,24)25)5-6-17(16)29/h5-6,11,13,15H,7-10,12H2,1-4H3,(H,26,32)(H,27,30). The Morgan fingerprint density at radius 3 is 2.39 bits per heavy atom. The SMILES string of the molecule is CC(C(=O)N1CC(=O)Nc2cc(C(F)(F)F)ccc21)N1CCC(NC(=O)OC(C)(C)C)CC1. The summed E-state index contributed by atoms with van der Waals surface area (Å²) in [4.78, 5) is 40.4. The number of nitrogens with zero attached hydrogens (tertiary/aromatic N) is 2. The first-order valence-electron chi connectivity index (χ1n) is 10.8. The molecule has 1 saturated heterocycles. The number of halogens is 3. The molecule has 1 atom stereocenters. The predicted molar refractivity (Wildman–Crippen MR) is 116 cm³/mol. The lowest BCUT2D eigenvalue weighted by Gasteiger charge is -2.38. The number of hydrogen-bond donors (Lipinski definition) is 2. The number of benzene rings is 1. The van der Waals surface area contributed by atoms with Crippen molar-refractivity contribution in [2.24, 2.45) is 0 Å². The van der Waals surface area contributed by atoms with Crippen LogP contribution in [0.3, 0.4) is 0 Å². The second-order valence-electron chi connectivity index (χ2n) is 9.33. The van der Waals surface area contributed by atoms with Crippen LogP contribution in [-0.4, -0.2) is 60.1 Å². The summed E-state index contributed by atoms with van der Waals surface area (Å²) in [6.45, 7) is 7.86. The molecule has 1 aromatic rings. The second-order valence-corrected chi connectivity index (χ2v) is 9.33. The zero-order valence-electron chi connectivity index (χ0n) is 19.1. The second kappa shape index (κ2) is 9.20. The molecule has 0 aromatic heterocycles. The Morgan fingerprint density at radius 1 is 1.18 bits per heavy atom. The summed E-state index contributed by atoms with van der Waals surface area (Å²) in [6.07, 6.45) is -3.82. The number of carbonyl (C=O) groups is 3. The van der Waals surface area contributed by atoms with Crippen LogP contribution in [0.25, 0.3) is 0 Å².